The lowest BCUT2D eigenvalue weighted by Crippen LogP contribution is -2.40. The molecule has 4 rings (SSSR count). The van der Waals surface area contributed by atoms with Gasteiger partial charge in [-0.2, -0.15) is 0 Å². The fourth-order valence-electron chi connectivity index (χ4n) is 3.87. The van der Waals surface area contributed by atoms with Gasteiger partial charge in [0.25, 0.3) is 0 Å². The van der Waals surface area contributed by atoms with Crippen LogP contribution in [0.5, 0.6) is 0 Å². The van der Waals surface area contributed by atoms with Crippen LogP contribution in [0.4, 0.5) is 0 Å². The molecule has 2 aliphatic heterocycles. The Morgan fingerprint density at radius 1 is 0.909 bits per heavy atom. The molecule has 0 saturated carbocycles. The first-order chi connectivity index (χ1) is 10.6. The maximum Gasteiger partial charge on any atom is 0.238 e. The first kappa shape index (κ1) is 13.6. The summed E-state index contributed by atoms with van der Waals surface area (Å²) in [4.78, 5) is 0. The normalized spacial score (nSPS) is 33.5. The zero-order chi connectivity index (χ0) is 15.2. The van der Waals surface area contributed by atoms with E-state index in [-0.39, 0.29) is 0 Å². The molecule has 0 amide bonds. The minimum Gasteiger partial charge on any atom is -0.459 e. The van der Waals surface area contributed by atoms with E-state index in [9.17, 15) is 0 Å². The topological polar surface area (TPSA) is 18.5 Å². The van der Waals surface area contributed by atoms with Gasteiger partial charge in [0.05, 0.1) is 0 Å². The summed E-state index contributed by atoms with van der Waals surface area (Å²) >= 11 is 0. The summed E-state index contributed by atoms with van der Waals surface area (Å²) in [7, 11) is 0. The Morgan fingerprint density at radius 3 is 2.14 bits per heavy atom. The minimum absolute atomic E-state index is 0.494. The van der Waals surface area contributed by atoms with Crippen LogP contribution in [0.3, 0.4) is 0 Å². The number of hydrogen-bond acceptors (Lipinski definition) is 2. The molecule has 0 N–H and O–H groups in total. The number of rotatable bonds is 2. The van der Waals surface area contributed by atoms with Crippen molar-refractivity contribution in [1.82, 2.24) is 0 Å². The van der Waals surface area contributed by atoms with Crippen LogP contribution in [0.1, 0.15) is 30.9 Å². The Bertz CT molecular complexity index is 694. The average Bonchev–Trinajstić information content (AvgIpc) is 2.77. The van der Waals surface area contributed by atoms with Crippen LogP contribution >= 0.6 is 0 Å². The number of benzene rings is 2. The third kappa shape index (κ3) is 1.84. The van der Waals surface area contributed by atoms with Crippen molar-refractivity contribution in [1.29, 1.82) is 0 Å². The van der Waals surface area contributed by atoms with E-state index < -0.39 is 11.4 Å². The zero-order valence-corrected chi connectivity index (χ0v) is 12.8. The molecule has 0 aliphatic carbocycles. The molecule has 22 heavy (non-hydrogen) atoms. The van der Waals surface area contributed by atoms with Crippen molar-refractivity contribution in [3.8, 4) is 0 Å². The van der Waals surface area contributed by atoms with Crippen LogP contribution < -0.4 is 0 Å². The fraction of sp³-hybridized carbons (Fsp3) is 0.300. The lowest BCUT2D eigenvalue weighted by molar-refractivity contribution is -0.234. The van der Waals surface area contributed by atoms with Gasteiger partial charge in [-0.15, -0.1) is 0 Å². The molecule has 0 spiro atoms. The average molecular weight is 292 g/mol. The molecule has 2 fully saturated rings. The van der Waals surface area contributed by atoms with E-state index in [0.717, 1.165) is 29.7 Å². The molecule has 0 aromatic heterocycles. The summed E-state index contributed by atoms with van der Waals surface area (Å²) in [5.74, 6) is 0.520. The summed E-state index contributed by atoms with van der Waals surface area (Å²) in [5, 5.41) is 0. The van der Waals surface area contributed by atoms with Crippen molar-refractivity contribution >= 4 is 0 Å². The molecule has 2 aromatic carbocycles. The van der Waals surface area contributed by atoms with Crippen LogP contribution in [-0.2, 0) is 20.9 Å². The third-order valence-electron chi connectivity index (χ3n) is 4.78. The van der Waals surface area contributed by atoms with Gasteiger partial charge in [0.1, 0.15) is 5.76 Å². The van der Waals surface area contributed by atoms with Crippen LogP contribution in [0.15, 0.2) is 73.0 Å². The van der Waals surface area contributed by atoms with Crippen molar-refractivity contribution in [2.24, 2.45) is 5.92 Å². The Hall–Kier alpha value is -2.06. The van der Waals surface area contributed by atoms with E-state index >= 15 is 0 Å². The smallest absolute Gasteiger partial charge is 0.238 e. The van der Waals surface area contributed by atoms with Crippen LogP contribution in [-0.4, -0.2) is 0 Å². The molecule has 2 heteroatoms. The predicted octanol–water partition coefficient (Wildman–Crippen LogP) is 4.73. The lowest BCUT2D eigenvalue weighted by Gasteiger charge is -2.40. The van der Waals surface area contributed by atoms with Crippen molar-refractivity contribution in [3.63, 3.8) is 0 Å². The second kappa shape index (κ2) is 4.72. The summed E-state index contributed by atoms with van der Waals surface area (Å²) < 4.78 is 12.9. The summed E-state index contributed by atoms with van der Waals surface area (Å²) in [6, 6.07) is 20.5. The predicted molar refractivity (Wildman–Crippen MR) is 85.9 cm³/mol. The van der Waals surface area contributed by atoms with Crippen LogP contribution in [0.2, 0.25) is 0 Å². The van der Waals surface area contributed by atoms with E-state index in [1.54, 1.807) is 0 Å². The van der Waals surface area contributed by atoms with Crippen molar-refractivity contribution in [3.05, 3.63) is 84.1 Å². The van der Waals surface area contributed by atoms with Gasteiger partial charge < -0.3 is 9.47 Å². The SMILES string of the molecule is C=C1O[C@]2(c3ccccc3)C[C@H](C)C[C@]1(c1ccccc1)O2. The maximum atomic E-state index is 6.61. The van der Waals surface area contributed by atoms with Gasteiger partial charge in [-0.1, -0.05) is 74.2 Å². The molecule has 2 heterocycles. The third-order valence-corrected chi connectivity index (χ3v) is 4.78. The molecule has 3 atom stereocenters. The Balaban J connectivity index is 1.84. The summed E-state index contributed by atoms with van der Waals surface area (Å²) in [5.41, 5.74) is 1.67. The molecule has 2 aromatic rings. The second-order valence-corrected chi connectivity index (χ2v) is 6.45. The number of hydrogen-bond donors (Lipinski definition) is 0. The van der Waals surface area contributed by atoms with Gasteiger partial charge in [-0.05, 0) is 17.9 Å². The number of ether oxygens (including phenoxy) is 2. The summed E-state index contributed by atoms with van der Waals surface area (Å²) in [6.07, 6.45) is 1.76. The van der Waals surface area contributed by atoms with E-state index in [0.29, 0.717) is 5.92 Å². The van der Waals surface area contributed by atoms with Gasteiger partial charge in [-0.25, -0.2) is 0 Å². The highest BCUT2D eigenvalue weighted by Gasteiger charge is 2.60. The van der Waals surface area contributed by atoms with Gasteiger partial charge >= 0.3 is 0 Å². The van der Waals surface area contributed by atoms with Crippen molar-refractivity contribution in [2.75, 3.05) is 0 Å². The molecule has 0 unspecified atom stereocenters. The molecule has 2 bridgehead atoms. The molecule has 0 radical (unpaired) electrons. The van der Waals surface area contributed by atoms with Gasteiger partial charge in [0.2, 0.25) is 5.79 Å². The van der Waals surface area contributed by atoms with Crippen molar-refractivity contribution in [2.45, 2.75) is 31.2 Å². The van der Waals surface area contributed by atoms with E-state index in [2.05, 4.69) is 37.8 Å². The Labute approximate surface area is 131 Å². The molecular weight excluding hydrogens is 272 g/mol. The van der Waals surface area contributed by atoms with E-state index in [1.807, 2.05) is 36.4 Å². The van der Waals surface area contributed by atoms with Gasteiger partial charge in [0, 0.05) is 12.0 Å². The van der Waals surface area contributed by atoms with E-state index in [4.69, 9.17) is 9.47 Å². The quantitative estimate of drug-likeness (QED) is 0.797. The largest absolute Gasteiger partial charge is 0.459 e. The Kier molecular flexibility index (Phi) is 2.92. The molecule has 2 nitrogen and oxygen atoms in total. The standard InChI is InChI=1S/C20H20O2/c1-15-13-19(17-9-5-3-6-10-17)16(2)21-20(14-15,22-19)18-11-7-4-8-12-18/h3-12,15H,2,13-14H2,1H3/t15-,19+,20-/m1/s1. The van der Waals surface area contributed by atoms with Crippen molar-refractivity contribution < 1.29 is 9.47 Å². The van der Waals surface area contributed by atoms with Gasteiger partial charge in [-0.3, -0.25) is 0 Å². The van der Waals surface area contributed by atoms with Crippen LogP contribution in [0.25, 0.3) is 0 Å². The monoisotopic (exact) mass is 292 g/mol. The van der Waals surface area contributed by atoms with E-state index in [1.165, 1.54) is 0 Å². The number of fused-ring (bicyclic) bond motifs is 2. The minimum atomic E-state index is -0.703. The molecule has 2 aliphatic rings. The fourth-order valence-corrected chi connectivity index (χ4v) is 3.87. The molecule has 2 saturated heterocycles. The summed E-state index contributed by atoms with van der Waals surface area (Å²) in [6.45, 7) is 6.47. The Morgan fingerprint density at radius 2 is 1.50 bits per heavy atom. The highest BCUT2D eigenvalue weighted by Crippen LogP contribution is 2.59. The zero-order valence-electron chi connectivity index (χ0n) is 12.8. The first-order valence-corrected chi connectivity index (χ1v) is 7.84. The first-order valence-electron chi connectivity index (χ1n) is 7.84. The molecular formula is C20H20O2. The molecule has 112 valence electrons. The highest BCUT2D eigenvalue weighted by molar-refractivity contribution is 5.36. The lowest BCUT2D eigenvalue weighted by atomic mass is 9.79. The highest BCUT2D eigenvalue weighted by atomic mass is 16.8. The maximum absolute atomic E-state index is 6.61. The second-order valence-electron chi connectivity index (χ2n) is 6.45. The van der Waals surface area contributed by atoms with Crippen LogP contribution in [0, 0.1) is 5.92 Å². The van der Waals surface area contributed by atoms with Gasteiger partial charge in [0.15, 0.2) is 5.60 Å².